The van der Waals surface area contributed by atoms with Crippen molar-refractivity contribution >= 4 is 11.2 Å². The van der Waals surface area contributed by atoms with Crippen LogP contribution in [0.5, 0.6) is 5.88 Å². The Hall–Kier alpha value is -2.96. The monoisotopic (exact) mass is 312 g/mol. The van der Waals surface area contributed by atoms with Crippen molar-refractivity contribution in [2.75, 3.05) is 6.61 Å². The number of rotatable bonds is 3. The highest BCUT2D eigenvalue weighted by atomic mass is 16.5. The number of benzene rings is 1. The molecule has 23 heavy (non-hydrogen) atoms. The number of aromatic nitrogens is 4. The van der Waals surface area contributed by atoms with Crippen LogP contribution < -0.4 is 16.0 Å². The molecule has 3 rings (SSSR count). The van der Waals surface area contributed by atoms with E-state index in [0.29, 0.717) is 18.2 Å². The van der Waals surface area contributed by atoms with Crippen molar-refractivity contribution in [1.29, 1.82) is 0 Å². The van der Waals surface area contributed by atoms with Crippen molar-refractivity contribution in [3.05, 3.63) is 51.2 Å². The van der Waals surface area contributed by atoms with Gasteiger partial charge in [0, 0.05) is 19.7 Å². The number of nitrogens with zero attached hydrogens (tertiary/aromatic N) is 4. The molecule has 2 heterocycles. The van der Waals surface area contributed by atoms with Gasteiger partial charge in [0.25, 0.3) is 5.56 Å². The van der Waals surface area contributed by atoms with E-state index < -0.39 is 11.2 Å². The highest BCUT2D eigenvalue weighted by Gasteiger charge is 2.17. The quantitative estimate of drug-likeness (QED) is 0.723. The lowest BCUT2D eigenvalue weighted by molar-refractivity contribution is 0.328. The van der Waals surface area contributed by atoms with Crippen LogP contribution in [0.3, 0.4) is 0 Å². The summed E-state index contributed by atoms with van der Waals surface area (Å²) >= 11 is 0. The lowest BCUT2D eigenvalue weighted by atomic mass is 10.1. The van der Waals surface area contributed by atoms with Gasteiger partial charge in [-0.1, -0.05) is 30.3 Å². The SMILES string of the molecule is CCOc1nc2c(nc1-c1ccccc1)c(=O)n(C)c(=O)n2C. The second-order valence-corrected chi connectivity index (χ2v) is 5.05. The van der Waals surface area contributed by atoms with E-state index in [0.717, 1.165) is 10.1 Å². The van der Waals surface area contributed by atoms with Crippen LogP contribution in [0.25, 0.3) is 22.4 Å². The summed E-state index contributed by atoms with van der Waals surface area (Å²) in [6.45, 7) is 2.24. The van der Waals surface area contributed by atoms with Gasteiger partial charge in [0.1, 0.15) is 5.69 Å². The van der Waals surface area contributed by atoms with Crippen LogP contribution >= 0.6 is 0 Å². The molecular formula is C16H16N4O3. The van der Waals surface area contributed by atoms with Gasteiger partial charge in [-0.25, -0.2) is 9.78 Å². The molecule has 0 saturated heterocycles. The van der Waals surface area contributed by atoms with E-state index in [1.165, 1.54) is 11.6 Å². The third-order valence-electron chi connectivity index (χ3n) is 3.57. The maximum Gasteiger partial charge on any atom is 0.332 e. The summed E-state index contributed by atoms with van der Waals surface area (Å²) in [5.74, 6) is 0.300. The Labute approximate surface area is 131 Å². The maximum atomic E-state index is 12.4. The minimum atomic E-state index is -0.476. The Morgan fingerprint density at radius 2 is 1.74 bits per heavy atom. The molecule has 0 aliphatic rings. The van der Waals surface area contributed by atoms with E-state index in [4.69, 9.17) is 4.74 Å². The van der Waals surface area contributed by atoms with Crippen molar-refractivity contribution in [3.63, 3.8) is 0 Å². The summed E-state index contributed by atoms with van der Waals surface area (Å²) in [7, 11) is 2.97. The largest absolute Gasteiger partial charge is 0.476 e. The van der Waals surface area contributed by atoms with Gasteiger partial charge < -0.3 is 4.74 Å². The highest BCUT2D eigenvalue weighted by molar-refractivity contribution is 5.76. The molecule has 0 aliphatic heterocycles. The van der Waals surface area contributed by atoms with E-state index >= 15 is 0 Å². The second-order valence-electron chi connectivity index (χ2n) is 5.05. The van der Waals surface area contributed by atoms with Gasteiger partial charge in [-0.2, -0.15) is 4.98 Å². The van der Waals surface area contributed by atoms with Crippen LogP contribution in [0.15, 0.2) is 39.9 Å². The third-order valence-corrected chi connectivity index (χ3v) is 3.57. The first-order valence-corrected chi connectivity index (χ1v) is 7.20. The van der Waals surface area contributed by atoms with E-state index in [-0.39, 0.29) is 11.2 Å². The van der Waals surface area contributed by atoms with Crippen molar-refractivity contribution < 1.29 is 4.74 Å². The molecular weight excluding hydrogens is 296 g/mol. The Morgan fingerprint density at radius 3 is 2.39 bits per heavy atom. The zero-order chi connectivity index (χ0) is 16.6. The summed E-state index contributed by atoms with van der Waals surface area (Å²) in [6.07, 6.45) is 0. The predicted molar refractivity (Wildman–Crippen MR) is 86.6 cm³/mol. The lowest BCUT2D eigenvalue weighted by Gasteiger charge is -2.12. The Balaban J connectivity index is 2.43. The number of hydrogen-bond donors (Lipinski definition) is 0. The zero-order valence-electron chi connectivity index (χ0n) is 13.1. The van der Waals surface area contributed by atoms with Gasteiger partial charge in [-0.15, -0.1) is 0 Å². The highest BCUT2D eigenvalue weighted by Crippen LogP contribution is 2.27. The van der Waals surface area contributed by atoms with E-state index in [1.807, 2.05) is 37.3 Å². The Morgan fingerprint density at radius 1 is 1.04 bits per heavy atom. The molecule has 0 aliphatic carbocycles. The van der Waals surface area contributed by atoms with E-state index in [1.54, 1.807) is 7.05 Å². The van der Waals surface area contributed by atoms with Gasteiger partial charge in [-0.05, 0) is 6.92 Å². The molecule has 0 unspecified atom stereocenters. The number of ether oxygens (including phenoxy) is 1. The average Bonchev–Trinajstić information content (AvgIpc) is 2.58. The fourth-order valence-electron chi connectivity index (χ4n) is 2.37. The van der Waals surface area contributed by atoms with Crippen molar-refractivity contribution in [2.24, 2.45) is 14.1 Å². The molecule has 0 spiro atoms. The van der Waals surface area contributed by atoms with Crippen LogP contribution in [-0.4, -0.2) is 25.7 Å². The third kappa shape index (κ3) is 2.40. The first kappa shape index (κ1) is 15.0. The summed E-state index contributed by atoms with van der Waals surface area (Å²) in [5.41, 5.74) is 0.692. The molecule has 7 heteroatoms. The summed E-state index contributed by atoms with van der Waals surface area (Å²) in [5, 5.41) is 0. The van der Waals surface area contributed by atoms with Crippen LogP contribution in [0.2, 0.25) is 0 Å². The number of hydrogen-bond acceptors (Lipinski definition) is 5. The second kappa shape index (κ2) is 5.68. The number of aryl methyl sites for hydroxylation is 1. The minimum absolute atomic E-state index is 0.136. The van der Waals surface area contributed by atoms with Crippen LogP contribution in [0.1, 0.15) is 6.92 Å². The summed E-state index contributed by atoms with van der Waals surface area (Å²) in [4.78, 5) is 33.2. The molecule has 0 N–H and O–H groups in total. The van der Waals surface area contributed by atoms with Gasteiger partial charge in [0.05, 0.1) is 6.61 Å². The normalized spacial score (nSPS) is 10.9. The van der Waals surface area contributed by atoms with Gasteiger partial charge in [-0.3, -0.25) is 13.9 Å². The number of fused-ring (bicyclic) bond motifs is 1. The molecule has 7 nitrogen and oxygen atoms in total. The Kier molecular flexibility index (Phi) is 3.69. The molecule has 0 radical (unpaired) electrons. The van der Waals surface area contributed by atoms with Crippen molar-refractivity contribution in [3.8, 4) is 17.1 Å². The first-order valence-electron chi connectivity index (χ1n) is 7.20. The molecule has 118 valence electrons. The standard InChI is InChI=1S/C16H16N4O3/c1-4-23-14-11(10-8-6-5-7-9-10)17-12-13(18-14)19(2)16(22)20(3)15(12)21/h5-9H,4H2,1-3H3. The van der Waals surface area contributed by atoms with Crippen LogP contribution in [-0.2, 0) is 14.1 Å². The van der Waals surface area contributed by atoms with Gasteiger partial charge >= 0.3 is 5.69 Å². The zero-order valence-corrected chi connectivity index (χ0v) is 13.1. The Bertz CT molecular complexity index is 990. The fourth-order valence-corrected chi connectivity index (χ4v) is 2.37. The molecule has 0 bridgehead atoms. The van der Waals surface area contributed by atoms with Crippen molar-refractivity contribution in [2.45, 2.75) is 6.92 Å². The first-order chi connectivity index (χ1) is 11.0. The average molecular weight is 312 g/mol. The molecule has 1 aromatic carbocycles. The molecule has 0 amide bonds. The molecule has 0 saturated carbocycles. The maximum absolute atomic E-state index is 12.4. The van der Waals surface area contributed by atoms with Gasteiger partial charge in [0.2, 0.25) is 5.88 Å². The van der Waals surface area contributed by atoms with Crippen molar-refractivity contribution in [1.82, 2.24) is 19.1 Å². The molecule has 2 aromatic heterocycles. The molecule has 3 aromatic rings. The minimum Gasteiger partial charge on any atom is -0.476 e. The predicted octanol–water partition coefficient (Wildman–Crippen LogP) is 1.09. The lowest BCUT2D eigenvalue weighted by Crippen LogP contribution is -2.37. The van der Waals surface area contributed by atoms with Gasteiger partial charge in [0.15, 0.2) is 11.2 Å². The fraction of sp³-hybridized carbons (Fsp3) is 0.250. The van der Waals surface area contributed by atoms with Crippen LogP contribution in [0.4, 0.5) is 0 Å². The smallest absolute Gasteiger partial charge is 0.332 e. The molecule has 0 fully saturated rings. The van der Waals surface area contributed by atoms with E-state index in [9.17, 15) is 9.59 Å². The van der Waals surface area contributed by atoms with E-state index in [2.05, 4.69) is 9.97 Å². The summed E-state index contributed by atoms with van der Waals surface area (Å²) < 4.78 is 7.88. The molecule has 0 atom stereocenters. The topological polar surface area (TPSA) is 79.0 Å². The van der Waals surface area contributed by atoms with Crippen LogP contribution in [0, 0.1) is 0 Å². The summed E-state index contributed by atoms with van der Waals surface area (Å²) in [6, 6.07) is 9.36.